The molecule has 0 amide bonds. The van der Waals surface area contributed by atoms with Gasteiger partial charge < -0.3 is 10.5 Å². The van der Waals surface area contributed by atoms with Crippen molar-refractivity contribution in [3.8, 4) is 5.75 Å². The zero-order valence-corrected chi connectivity index (χ0v) is 13.5. The maximum atomic E-state index is 12.5. The van der Waals surface area contributed by atoms with Gasteiger partial charge in [0.1, 0.15) is 5.75 Å². The maximum absolute atomic E-state index is 12.5. The molecule has 1 aliphatic heterocycles. The minimum Gasteiger partial charge on any atom is -0.495 e. The van der Waals surface area contributed by atoms with Crippen LogP contribution in [0.25, 0.3) is 0 Å². The van der Waals surface area contributed by atoms with Crippen molar-refractivity contribution in [2.24, 2.45) is 0 Å². The molecule has 6 nitrogen and oxygen atoms in total. The number of piperidine rings is 1. The van der Waals surface area contributed by atoms with Gasteiger partial charge in [0.25, 0.3) is 10.0 Å². The maximum Gasteiger partial charge on any atom is 0.253 e. The molecule has 1 aliphatic rings. The molecule has 1 heterocycles. The number of nitrogens with one attached hydrogen (secondary N) is 1. The standard InChI is InChI=1S/C14H23N3O3S/c1-10-5-4-6-11(2)17(10)16-21(18,19)12-7-8-13(15)14(9-12)20-3/h7-11,16H,4-6,15H2,1-3H3. The van der Waals surface area contributed by atoms with Crippen molar-refractivity contribution in [2.75, 3.05) is 12.8 Å². The van der Waals surface area contributed by atoms with Crippen LogP contribution in [0.5, 0.6) is 5.75 Å². The van der Waals surface area contributed by atoms with E-state index in [1.165, 1.54) is 25.3 Å². The second kappa shape index (κ2) is 6.21. The van der Waals surface area contributed by atoms with E-state index < -0.39 is 10.0 Å². The molecule has 1 aromatic rings. The van der Waals surface area contributed by atoms with Crippen molar-refractivity contribution in [2.45, 2.75) is 50.1 Å². The van der Waals surface area contributed by atoms with Crippen molar-refractivity contribution < 1.29 is 13.2 Å². The van der Waals surface area contributed by atoms with Crippen molar-refractivity contribution in [1.29, 1.82) is 0 Å². The third kappa shape index (κ3) is 3.48. The molecule has 0 aliphatic carbocycles. The van der Waals surface area contributed by atoms with Crippen LogP contribution in [0.2, 0.25) is 0 Å². The van der Waals surface area contributed by atoms with E-state index in [9.17, 15) is 8.42 Å². The summed E-state index contributed by atoms with van der Waals surface area (Å²) in [6, 6.07) is 4.82. The number of nitrogens with zero attached hydrogens (tertiary/aromatic N) is 1. The van der Waals surface area contributed by atoms with Gasteiger partial charge in [-0.3, -0.25) is 0 Å². The van der Waals surface area contributed by atoms with Crippen LogP contribution in [0.1, 0.15) is 33.1 Å². The number of ether oxygens (including phenoxy) is 1. The summed E-state index contributed by atoms with van der Waals surface area (Å²) in [6.45, 7) is 4.06. The molecule has 0 aromatic heterocycles. The summed E-state index contributed by atoms with van der Waals surface area (Å²) < 4.78 is 30.1. The van der Waals surface area contributed by atoms with Crippen LogP contribution in [0, 0.1) is 0 Å². The highest BCUT2D eigenvalue weighted by molar-refractivity contribution is 7.89. The van der Waals surface area contributed by atoms with Gasteiger partial charge in [-0.25, -0.2) is 13.4 Å². The fraction of sp³-hybridized carbons (Fsp3) is 0.571. The lowest BCUT2D eigenvalue weighted by Crippen LogP contribution is -2.53. The number of hydrogen-bond donors (Lipinski definition) is 2. The zero-order chi connectivity index (χ0) is 15.6. The number of nitrogen functional groups attached to an aromatic ring is 1. The third-order valence-corrected chi connectivity index (χ3v) is 5.26. The smallest absolute Gasteiger partial charge is 0.253 e. The van der Waals surface area contributed by atoms with Crippen molar-refractivity contribution >= 4 is 15.7 Å². The lowest BCUT2D eigenvalue weighted by molar-refractivity contribution is 0.0790. The van der Waals surface area contributed by atoms with Crippen molar-refractivity contribution in [1.82, 2.24) is 9.84 Å². The molecule has 1 fully saturated rings. The van der Waals surface area contributed by atoms with E-state index >= 15 is 0 Å². The first-order valence-electron chi connectivity index (χ1n) is 7.09. The van der Waals surface area contributed by atoms with E-state index in [1.807, 2.05) is 18.9 Å². The molecule has 0 spiro atoms. The van der Waals surface area contributed by atoms with Crippen molar-refractivity contribution in [3.63, 3.8) is 0 Å². The number of sulfonamides is 1. The normalized spacial score (nSPS) is 24.0. The monoisotopic (exact) mass is 313 g/mol. The molecule has 0 saturated carbocycles. The molecule has 0 radical (unpaired) electrons. The zero-order valence-electron chi connectivity index (χ0n) is 12.7. The van der Waals surface area contributed by atoms with Crippen LogP contribution < -0.4 is 15.3 Å². The molecular weight excluding hydrogens is 290 g/mol. The SMILES string of the molecule is COc1cc(S(=O)(=O)NN2C(C)CCCC2C)ccc1N. The van der Waals surface area contributed by atoms with Crippen LogP contribution in [0.4, 0.5) is 5.69 Å². The van der Waals surface area contributed by atoms with Gasteiger partial charge in [0, 0.05) is 18.2 Å². The molecule has 1 saturated heterocycles. The predicted molar refractivity (Wildman–Crippen MR) is 82.3 cm³/mol. The molecule has 2 rings (SSSR count). The van der Waals surface area contributed by atoms with Gasteiger partial charge in [-0.15, -0.1) is 4.83 Å². The number of methoxy groups -OCH3 is 1. The second-order valence-corrected chi connectivity index (χ2v) is 7.20. The Bertz CT molecular complexity index is 593. The van der Waals surface area contributed by atoms with Crippen LogP contribution >= 0.6 is 0 Å². The van der Waals surface area contributed by atoms with Crippen LogP contribution in [-0.2, 0) is 10.0 Å². The predicted octanol–water partition coefficient (Wildman–Crippen LogP) is 1.73. The van der Waals surface area contributed by atoms with Crippen LogP contribution in [0.15, 0.2) is 23.1 Å². The second-order valence-electron chi connectivity index (χ2n) is 5.53. The molecule has 2 unspecified atom stereocenters. The number of anilines is 1. The average Bonchev–Trinajstić information content (AvgIpc) is 2.43. The van der Waals surface area contributed by atoms with E-state index in [2.05, 4.69) is 4.83 Å². The highest BCUT2D eigenvalue weighted by atomic mass is 32.2. The summed E-state index contributed by atoms with van der Waals surface area (Å²) in [5.74, 6) is 0.359. The molecule has 2 atom stereocenters. The Morgan fingerprint density at radius 2 is 1.90 bits per heavy atom. The fourth-order valence-electron chi connectivity index (χ4n) is 2.65. The van der Waals surface area contributed by atoms with Crippen LogP contribution in [-0.4, -0.2) is 32.6 Å². The third-order valence-electron chi connectivity index (χ3n) is 3.93. The van der Waals surface area contributed by atoms with E-state index in [1.54, 1.807) is 0 Å². The molecule has 3 N–H and O–H groups in total. The number of rotatable bonds is 4. The molecule has 0 bridgehead atoms. The Morgan fingerprint density at radius 1 is 1.29 bits per heavy atom. The summed E-state index contributed by atoms with van der Waals surface area (Å²) in [5, 5.41) is 1.82. The largest absolute Gasteiger partial charge is 0.495 e. The first kappa shape index (κ1) is 16.1. The highest BCUT2D eigenvalue weighted by Gasteiger charge is 2.29. The Hall–Kier alpha value is -1.31. The Labute approximate surface area is 126 Å². The van der Waals surface area contributed by atoms with E-state index in [0.717, 1.165) is 19.3 Å². The Balaban J connectivity index is 2.25. The average molecular weight is 313 g/mol. The molecule has 1 aromatic carbocycles. The molecule has 118 valence electrons. The van der Waals surface area contributed by atoms with Crippen molar-refractivity contribution in [3.05, 3.63) is 18.2 Å². The lowest BCUT2D eigenvalue weighted by atomic mass is 10.0. The van der Waals surface area contributed by atoms with Gasteiger partial charge >= 0.3 is 0 Å². The topological polar surface area (TPSA) is 84.7 Å². The number of hydrogen-bond acceptors (Lipinski definition) is 5. The fourth-order valence-corrected chi connectivity index (χ4v) is 3.90. The highest BCUT2D eigenvalue weighted by Crippen LogP contribution is 2.26. The molecule has 21 heavy (non-hydrogen) atoms. The summed E-state index contributed by atoms with van der Waals surface area (Å²) in [5.41, 5.74) is 6.13. The number of hydrazine groups is 1. The van der Waals surface area contributed by atoms with Gasteiger partial charge in [-0.1, -0.05) is 6.42 Å². The van der Waals surface area contributed by atoms with E-state index in [-0.39, 0.29) is 17.0 Å². The molecular formula is C14H23N3O3S. The van der Waals surface area contributed by atoms with Gasteiger partial charge in [-0.05, 0) is 38.8 Å². The first-order valence-corrected chi connectivity index (χ1v) is 8.58. The first-order chi connectivity index (χ1) is 9.85. The summed E-state index contributed by atoms with van der Waals surface area (Å²) in [6.07, 6.45) is 3.09. The molecule has 7 heteroatoms. The Kier molecular flexibility index (Phi) is 4.75. The van der Waals surface area contributed by atoms with Gasteiger partial charge in [0.2, 0.25) is 0 Å². The number of benzene rings is 1. The minimum atomic E-state index is -3.63. The quantitative estimate of drug-likeness (QED) is 0.827. The summed E-state index contributed by atoms with van der Waals surface area (Å²) in [7, 11) is -2.17. The minimum absolute atomic E-state index is 0.151. The van der Waals surface area contributed by atoms with Gasteiger partial charge in [0.15, 0.2) is 0 Å². The number of nitrogens with two attached hydrogens (primary N) is 1. The van der Waals surface area contributed by atoms with Gasteiger partial charge in [0.05, 0.1) is 17.7 Å². The van der Waals surface area contributed by atoms with Gasteiger partial charge in [-0.2, -0.15) is 0 Å². The summed E-state index contributed by atoms with van der Waals surface area (Å²) in [4.78, 5) is 2.84. The van der Waals surface area contributed by atoms with Crippen LogP contribution in [0.3, 0.4) is 0 Å². The van der Waals surface area contributed by atoms with E-state index in [0.29, 0.717) is 11.4 Å². The summed E-state index contributed by atoms with van der Waals surface area (Å²) >= 11 is 0. The Morgan fingerprint density at radius 3 is 2.48 bits per heavy atom. The lowest BCUT2D eigenvalue weighted by Gasteiger charge is -2.38. The van der Waals surface area contributed by atoms with E-state index in [4.69, 9.17) is 10.5 Å².